The molecule has 0 unspecified atom stereocenters. The lowest BCUT2D eigenvalue weighted by Crippen LogP contribution is -2.01. The predicted octanol–water partition coefficient (Wildman–Crippen LogP) is 14.4. The molecule has 0 aliphatic heterocycles. The molecule has 0 saturated carbocycles. The van der Waals surface area contributed by atoms with Gasteiger partial charge in [-0.1, -0.05) is 176 Å². The van der Waals surface area contributed by atoms with Crippen molar-refractivity contribution in [2.45, 2.75) is 0 Å². The molecule has 0 bridgehead atoms. The van der Waals surface area contributed by atoms with Crippen LogP contribution in [0.4, 0.5) is 0 Å². The molecule has 0 spiro atoms. The fourth-order valence-corrected chi connectivity index (χ4v) is 8.86. The molecule has 12 rings (SSSR count). The smallest absolute Gasteiger partial charge is 0.164 e. The van der Waals surface area contributed by atoms with Crippen LogP contribution in [0.5, 0.6) is 0 Å². The van der Waals surface area contributed by atoms with Gasteiger partial charge in [-0.15, -0.1) is 0 Å². The highest BCUT2D eigenvalue weighted by Gasteiger charge is 2.22. The lowest BCUT2D eigenvalue weighted by molar-refractivity contribution is 1.07. The van der Waals surface area contributed by atoms with Crippen molar-refractivity contribution in [1.82, 2.24) is 24.1 Å². The summed E-state index contributed by atoms with van der Waals surface area (Å²) in [7, 11) is 0. The maximum atomic E-state index is 8.95. The van der Waals surface area contributed by atoms with Gasteiger partial charge < -0.3 is 9.13 Å². The standard InChI is InChI=1S/C57H37N5/c1-5-17-38(18-6-1)45-34-33-44(37-50(45)39-19-7-2-8-20-39)62-52-28-16-14-26-47(52)49-36-35-48-46-25-13-15-27-51(46)61(53(48)54(49)62)43-31-29-42(30-32-43)57-59-55(40-21-9-3-10-22-40)58-56(60-57)41-23-11-4-12-24-41/h1-37H/i1D,5D,6D,17D,18D. The zero-order chi connectivity index (χ0) is 45.3. The maximum Gasteiger partial charge on any atom is 0.164 e. The molecular weight excluding hydrogens is 755 g/mol. The SMILES string of the molecule is [2H]c1c([2H])c([2H])c(-c2ccc(-n3c4ccccc4c4ccc5c6ccccc6n(-c6ccc(-c7nc(-c8ccccc8)nc(-c8ccccc8)n7)cc6)c5c43)cc2-c2ccccc2)c([2H])c1[2H]. The zero-order valence-corrected chi connectivity index (χ0v) is 33.2. The maximum absolute atomic E-state index is 8.95. The van der Waals surface area contributed by atoms with E-state index in [9.17, 15) is 0 Å². The van der Waals surface area contributed by atoms with Crippen molar-refractivity contribution in [1.29, 1.82) is 0 Å². The van der Waals surface area contributed by atoms with Crippen LogP contribution in [0.2, 0.25) is 0 Å². The predicted molar refractivity (Wildman–Crippen MR) is 256 cm³/mol. The summed E-state index contributed by atoms with van der Waals surface area (Å²) in [4.78, 5) is 14.9. The van der Waals surface area contributed by atoms with Crippen molar-refractivity contribution in [3.05, 3.63) is 224 Å². The third-order valence-electron chi connectivity index (χ3n) is 11.7. The number of hydrogen-bond acceptors (Lipinski definition) is 3. The van der Waals surface area contributed by atoms with Crippen LogP contribution in [0.3, 0.4) is 0 Å². The van der Waals surface area contributed by atoms with Crippen LogP contribution >= 0.6 is 0 Å². The van der Waals surface area contributed by atoms with Gasteiger partial charge in [0.25, 0.3) is 0 Å². The van der Waals surface area contributed by atoms with Crippen molar-refractivity contribution < 1.29 is 6.85 Å². The van der Waals surface area contributed by atoms with Crippen molar-refractivity contribution in [3.63, 3.8) is 0 Å². The molecule has 3 aromatic heterocycles. The lowest BCUT2D eigenvalue weighted by Gasteiger charge is -2.16. The summed E-state index contributed by atoms with van der Waals surface area (Å²) in [6, 6.07) is 63.9. The summed E-state index contributed by atoms with van der Waals surface area (Å²) in [6.45, 7) is 0. The summed E-state index contributed by atoms with van der Waals surface area (Å²) >= 11 is 0. The molecule has 0 amide bonds. The van der Waals surface area contributed by atoms with Crippen molar-refractivity contribution in [3.8, 4) is 67.8 Å². The second-order valence-corrected chi connectivity index (χ2v) is 15.2. The fraction of sp³-hybridized carbons (Fsp3) is 0. The Morgan fingerprint density at radius 3 is 1.29 bits per heavy atom. The minimum Gasteiger partial charge on any atom is -0.307 e. The quantitative estimate of drug-likeness (QED) is 0.161. The molecule has 5 nitrogen and oxygen atoms in total. The average molecular weight is 797 g/mol. The Morgan fingerprint density at radius 2 is 0.758 bits per heavy atom. The molecule has 0 radical (unpaired) electrons. The number of aromatic nitrogens is 5. The number of fused-ring (bicyclic) bond motifs is 7. The molecule has 9 aromatic carbocycles. The normalized spacial score (nSPS) is 12.7. The van der Waals surface area contributed by atoms with Gasteiger partial charge in [-0.3, -0.25) is 0 Å². The van der Waals surface area contributed by atoms with Crippen molar-refractivity contribution >= 4 is 43.6 Å². The van der Waals surface area contributed by atoms with E-state index < -0.39 is 6.04 Å². The highest BCUT2D eigenvalue weighted by Crippen LogP contribution is 2.43. The van der Waals surface area contributed by atoms with E-state index in [0.29, 0.717) is 23.0 Å². The molecule has 0 fully saturated rings. The molecule has 0 aliphatic rings. The van der Waals surface area contributed by atoms with E-state index in [1.807, 2.05) is 103 Å². The van der Waals surface area contributed by atoms with E-state index in [-0.39, 0.29) is 29.7 Å². The van der Waals surface area contributed by atoms with Gasteiger partial charge in [-0.25, -0.2) is 15.0 Å². The second kappa shape index (κ2) is 14.7. The summed E-state index contributed by atoms with van der Waals surface area (Å²) < 4.78 is 47.9. The van der Waals surface area contributed by atoms with Gasteiger partial charge >= 0.3 is 0 Å². The molecule has 0 atom stereocenters. The molecule has 0 saturated heterocycles. The Labute approximate surface area is 365 Å². The van der Waals surface area contributed by atoms with E-state index in [0.717, 1.165) is 82.8 Å². The molecule has 0 N–H and O–H groups in total. The van der Waals surface area contributed by atoms with Crippen LogP contribution in [-0.2, 0) is 0 Å². The minimum atomic E-state index is -0.420. The molecular formula is C57H37N5. The van der Waals surface area contributed by atoms with E-state index in [4.69, 9.17) is 21.8 Å². The first kappa shape index (κ1) is 30.6. The topological polar surface area (TPSA) is 48.5 Å². The van der Waals surface area contributed by atoms with Gasteiger partial charge in [0.2, 0.25) is 0 Å². The van der Waals surface area contributed by atoms with Crippen molar-refractivity contribution in [2.24, 2.45) is 0 Å². The number of nitrogens with zero attached hydrogens (tertiary/aromatic N) is 5. The van der Waals surface area contributed by atoms with Gasteiger partial charge in [0.05, 0.1) is 28.9 Å². The van der Waals surface area contributed by atoms with Crippen molar-refractivity contribution in [2.75, 3.05) is 0 Å². The Kier molecular flexibility index (Phi) is 7.25. The highest BCUT2D eigenvalue weighted by molar-refractivity contribution is 6.23. The fourth-order valence-electron chi connectivity index (χ4n) is 8.86. The van der Waals surface area contributed by atoms with E-state index >= 15 is 0 Å². The Morgan fingerprint density at radius 1 is 0.323 bits per heavy atom. The van der Waals surface area contributed by atoms with Gasteiger partial charge in [0.15, 0.2) is 17.5 Å². The van der Waals surface area contributed by atoms with Gasteiger partial charge in [-0.2, -0.15) is 0 Å². The lowest BCUT2D eigenvalue weighted by atomic mass is 9.94. The first-order chi connectivity index (χ1) is 32.8. The molecule has 3 heterocycles. The number of hydrogen-bond donors (Lipinski definition) is 0. The third kappa shape index (κ3) is 5.90. The number of benzene rings is 9. The molecule has 12 aromatic rings. The minimum absolute atomic E-state index is 0.161. The molecule has 62 heavy (non-hydrogen) atoms. The van der Waals surface area contributed by atoms with Gasteiger partial charge in [-0.05, 0) is 70.8 Å². The van der Waals surface area contributed by atoms with Crippen LogP contribution in [0, 0.1) is 0 Å². The Hall–Kier alpha value is -8.41. The third-order valence-corrected chi connectivity index (χ3v) is 11.7. The number of rotatable bonds is 7. The van der Waals surface area contributed by atoms with Crippen LogP contribution < -0.4 is 0 Å². The van der Waals surface area contributed by atoms with E-state index in [2.05, 4.69) is 100 Å². The van der Waals surface area contributed by atoms with Crippen LogP contribution in [-0.4, -0.2) is 24.1 Å². The average Bonchev–Trinajstić information content (AvgIpc) is 3.91. The first-order valence-electron chi connectivity index (χ1n) is 23.0. The summed E-state index contributed by atoms with van der Waals surface area (Å²) in [5.41, 5.74) is 10.9. The van der Waals surface area contributed by atoms with Gasteiger partial charge in [0.1, 0.15) is 0 Å². The Balaban J connectivity index is 1.10. The van der Waals surface area contributed by atoms with Gasteiger partial charge in [0, 0.05) is 49.6 Å². The highest BCUT2D eigenvalue weighted by atomic mass is 15.1. The summed E-state index contributed by atoms with van der Waals surface area (Å²) in [6.07, 6.45) is 0. The van der Waals surface area contributed by atoms with Crippen LogP contribution in [0.1, 0.15) is 6.85 Å². The molecule has 0 aliphatic carbocycles. The second-order valence-electron chi connectivity index (χ2n) is 15.2. The van der Waals surface area contributed by atoms with E-state index in [1.165, 1.54) is 0 Å². The number of para-hydroxylation sites is 2. The summed E-state index contributed by atoms with van der Waals surface area (Å²) in [5, 5.41) is 4.36. The van der Waals surface area contributed by atoms with E-state index in [1.54, 1.807) is 0 Å². The summed E-state index contributed by atoms with van der Waals surface area (Å²) in [5.74, 6) is 1.77. The monoisotopic (exact) mass is 796 g/mol. The van der Waals surface area contributed by atoms with Crippen LogP contribution in [0.15, 0.2) is 224 Å². The Bertz CT molecular complexity index is 3820. The zero-order valence-electron chi connectivity index (χ0n) is 38.2. The van der Waals surface area contributed by atoms with Crippen LogP contribution in [0.25, 0.3) is 111 Å². The molecule has 5 heteroatoms. The molecule has 290 valence electrons. The first-order valence-corrected chi connectivity index (χ1v) is 20.5. The largest absolute Gasteiger partial charge is 0.307 e.